The number of fused-ring (bicyclic) bond motifs is 7. The number of aryl methyl sites for hydroxylation is 2. The summed E-state index contributed by atoms with van der Waals surface area (Å²) in [6, 6.07) is 0. The fraction of sp³-hybridized carbons (Fsp3) is 0.167. The molecule has 0 saturated heterocycles. The summed E-state index contributed by atoms with van der Waals surface area (Å²) in [6.45, 7) is 4.42. The summed E-state index contributed by atoms with van der Waals surface area (Å²) < 4.78 is 16.2. The Kier molecular flexibility index (Phi) is 2.76. The van der Waals surface area contributed by atoms with Crippen molar-refractivity contribution >= 4 is 107 Å². The summed E-state index contributed by atoms with van der Waals surface area (Å²) in [6.07, 6.45) is 0. The summed E-state index contributed by atoms with van der Waals surface area (Å²) in [7, 11) is 0. The van der Waals surface area contributed by atoms with E-state index in [0.29, 0.717) is 72.5 Å². The molecule has 0 N–H and O–H groups in total. The summed E-state index contributed by atoms with van der Waals surface area (Å²) in [5, 5.41) is 0. The Balaban J connectivity index is 2.04. The van der Waals surface area contributed by atoms with Crippen molar-refractivity contribution in [3.8, 4) is 0 Å². The van der Waals surface area contributed by atoms with Gasteiger partial charge in [0.15, 0.2) is 0 Å². The Morgan fingerprint density at radius 3 is 1.42 bits per heavy atom. The van der Waals surface area contributed by atoms with Gasteiger partial charge in [-0.25, -0.2) is 0 Å². The second-order valence-electron chi connectivity index (χ2n) is 4.36. The quantitative estimate of drug-likeness (QED) is 0.259. The van der Waals surface area contributed by atoms with Crippen molar-refractivity contribution in [2.75, 3.05) is 0 Å². The third-order valence-electron chi connectivity index (χ3n) is 3.04. The Hall–Kier alpha value is 0.897. The van der Waals surface area contributed by atoms with Crippen LogP contribution >= 0.6 is 0 Å². The number of rotatable bonds is 0. The molecule has 0 atom stereocenters. The third kappa shape index (κ3) is 1.67. The van der Waals surface area contributed by atoms with Crippen LogP contribution in [-0.2, 0) is 0 Å². The molecular formula is C12H6N2Se5. The Bertz CT molecular complexity index is 998. The number of aromatic nitrogens is 2. The van der Waals surface area contributed by atoms with Gasteiger partial charge in [-0.1, -0.05) is 0 Å². The molecule has 0 aliphatic carbocycles. The van der Waals surface area contributed by atoms with Crippen LogP contribution in [0.2, 0.25) is 0 Å². The molecular weight excluding hydrogens is 567 g/mol. The van der Waals surface area contributed by atoms with Crippen LogP contribution in [-0.4, -0.2) is 82.5 Å². The monoisotopic (exact) mass is 578 g/mol. The molecule has 0 amide bonds. The van der Waals surface area contributed by atoms with E-state index in [1.807, 2.05) is 0 Å². The molecule has 5 rings (SSSR count). The van der Waals surface area contributed by atoms with Crippen molar-refractivity contribution in [3.63, 3.8) is 0 Å². The van der Waals surface area contributed by atoms with Gasteiger partial charge in [0.2, 0.25) is 0 Å². The number of nitrogens with zero attached hydrogens (tertiary/aromatic N) is 2. The zero-order valence-corrected chi connectivity index (χ0v) is 18.5. The van der Waals surface area contributed by atoms with E-state index in [0.717, 1.165) is 0 Å². The summed E-state index contributed by atoms with van der Waals surface area (Å²) in [5.41, 5.74) is 0. The first-order valence-electron chi connectivity index (χ1n) is 5.69. The van der Waals surface area contributed by atoms with E-state index in [9.17, 15) is 0 Å². The molecule has 0 aliphatic heterocycles. The second kappa shape index (κ2) is 4.21. The van der Waals surface area contributed by atoms with Crippen molar-refractivity contribution in [1.82, 2.24) is 9.97 Å². The fourth-order valence-corrected chi connectivity index (χ4v) is 20.5. The molecule has 0 bridgehead atoms. The fourth-order valence-electron chi connectivity index (χ4n) is 2.32. The van der Waals surface area contributed by atoms with Crippen LogP contribution in [0.4, 0.5) is 0 Å². The molecule has 5 heterocycles. The number of hydrogen-bond acceptors (Lipinski definition) is 2. The maximum atomic E-state index is 4.80. The average molecular weight is 573 g/mol. The summed E-state index contributed by atoms with van der Waals surface area (Å²) in [5.74, 6) is 0. The van der Waals surface area contributed by atoms with Crippen molar-refractivity contribution in [2.45, 2.75) is 13.8 Å². The summed E-state index contributed by atoms with van der Waals surface area (Å²) in [4.78, 5) is 9.60. The molecule has 0 aromatic carbocycles. The van der Waals surface area contributed by atoms with Gasteiger partial charge < -0.3 is 0 Å². The normalized spacial score (nSPS) is 12.7. The van der Waals surface area contributed by atoms with Gasteiger partial charge in [0.05, 0.1) is 0 Å². The first-order valence-corrected chi connectivity index (χ1v) is 14.3. The van der Waals surface area contributed by atoms with Crippen LogP contribution < -0.4 is 0 Å². The van der Waals surface area contributed by atoms with Crippen LogP contribution in [0.5, 0.6) is 0 Å². The van der Waals surface area contributed by atoms with E-state index in [1.54, 1.807) is 25.6 Å². The van der Waals surface area contributed by atoms with E-state index < -0.39 is 0 Å². The Labute approximate surface area is 138 Å². The third-order valence-corrected chi connectivity index (χ3v) is 19.0. The van der Waals surface area contributed by atoms with Gasteiger partial charge in [0, 0.05) is 0 Å². The van der Waals surface area contributed by atoms with E-state index >= 15 is 0 Å². The molecule has 7 heteroatoms. The minimum atomic E-state index is 0.524. The molecule has 0 fully saturated rings. The average Bonchev–Trinajstić information content (AvgIpc) is 3.04. The van der Waals surface area contributed by atoms with E-state index in [-0.39, 0.29) is 0 Å². The molecule has 0 aliphatic rings. The zero-order valence-electron chi connectivity index (χ0n) is 9.94. The van der Waals surface area contributed by atoms with E-state index in [1.165, 1.54) is 17.9 Å². The van der Waals surface area contributed by atoms with Crippen LogP contribution in [0.1, 0.15) is 9.14 Å². The topological polar surface area (TPSA) is 25.8 Å². The Morgan fingerprint density at radius 2 is 0.947 bits per heavy atom. The van der Waals surface area contributed by atoms with E-state index in [2.05, 4.69) is 13.8 Å². The maximum absolute atomic E-state index is 4.80. The molecule has 2 nitrogen and oxygen atoms in total. The molecule has 94 valence electrons. The Morgan fingerprint density at radius 1 is 0.526 bits per heavy atom. The van der Waals surface area contributed by atoms with E-state index in [4.69, 9.17) is 9.97 Å². The first-order chi connectivity index (χ1) is 9.20. The van der Waals surface area contributed by atoms with Gasteiger partial charge in [-0.3, -0.25) is 0 Å². The summed E-state index contributed by atoms with van der Waals surface area (Å²) >= 11 is 2.74. The minimum absolute atomic E-state index is 0.524. The van der Waals surface area contributed by atoms with Crippen molar-refractivity contribution in [2.24, 2.45) is 0 Å². The second-order valence-corrected chi connectivity index (χ2v) is 15.7. The van der Waals surface area contributed by atoms with Crippen LogP contribution in [0, 0.1) is 13.8 Å². The van der Waals surface area contributed by atoms with Crippen molar-refractivity contribution in [3.05, 3.63) is 9.14 Å². The molecule has 0 radical (unpaired) electrons. The number of hydrogen-bond donors (Lipinski definition) is 0. The first kappa shape index (κ1) is 12.4. The van der Waals surface area contributed by atoms with Gasteiger partial charge >= 0.3 is 140 Å². The van der Waals surface area contributed by atoms with Crippen LogP contribution in [0.15, 0.2) is 0 Å². The van der Waals surface area contributed by atoms with Gasteiger partial charge in [-0.05, 0) is 0 Å². The van der Waals surface area contributed by atoms with Gasteiger partial charge in [-0.15, -0.1) is 0 Å². The zero-order chi connectivity index (χ0) is 12.7. The molecule has 19 heavy (non-hydrogen) atoms. The van der Waals surface area contributed by atoms with Crippen LogP contribution in [0.25, 0.3) is 34.3 Å². The molecule has 0 spiro atoms. The molecule has 5 aromatic heterocycles. The van der Waals surface area contributed by atoms with Crippen LogP contribution in [0.3, 0.4) is 0 Å². The molecule has 0 unspecified atom stereocenters. The van der Waals surface area contributed by atoms with Crippen molar-refractivity contribution < 1.29 is 0 Å². The van der Waals surface area contributed by atoms with Crippen molar-refractivity contribution in [1.29, 1.82) is 0 Å². The van der Waals surface area contributed by atoms with Gasteiger partial charge in [-0.2, -0.15) is 0 Å². The SMILES string of the molecule is Cc1nc2[se]c3c([se]c4c5[se]c(C)nc5[se]c43)c2[se]1. The molecule has 0 saturated carbocycles. The van der Waals surface area contributed by atoms with Gasteiger partial charge in [0.1, 0.15) is 0 Å². The standard InChI is InChI=1S/C12H6N2Se5/c1-3-13-11-9(15-3)7-5(18-11)6-8(17-7)10-12(19-6)14-4(2)16-10/h1-2H3. The molecule has 5 aromatic rings. The predicted molar refractivity (Wildman–Crippen MR) is 86.2 cm³/mol. The predicted octanol–water partition coefficient (Wildman–Crippen LogP) is 0.991. The van der Waals surface area contributed by atoms with Gasteiger partial charge in [0.25, 0.3) is 0 Å².